The van der Waals surface area contributed by atoms with E-state index in [-0.39, 0.29) is 5.91 Å². The van der Waals surface area contributed by atoms with Crippen molar-refractivity contribution in [3.8, 4) is 11.5 Å². The van der Waals surface area contributed by atoms with Crippen molar-refractivity contribution in [3.63, 3.8) is 0 Å². The van der Waals surface area contributed by atoms with Crippen molar-refractivity contribution >= 4 is 29.0 Å². The Bertz CT molecular complexity index is 979. The SMILES string of the molecule is COc1ccc(NC(=O)c2ccnc(NCc3ccccc3Cl)c2)cc1OC. The molecule has 3 rings (SSSR count). The van der Waals surface area contributed by atoms with Crippen LogP contribution in [-0.2, 0) is 6.54 Å². The molecule has 0 aliphatic rings. The number of anilines is 2. The van der Waals surface area contributed by atoms with E-state index in [1.54, 1.807) is 50.7 Å². The minimum Gasteiger partial charge on any atom is -0.493 e. The first-order valence-corrected chi connectivity index (χ1v) is 8.95. The molecule has 0 saturated carbocycles. The molecule has 0 atom stereocenters. The van der Waals surface area contributed by atoms with Crippen LogP contribution in [0.1, 0.15) is 15.9 Å². The number of methoxy groups -OCH3 is 2. The molecular weight excluding hydrogens is 378 g/mol. The van der Waals surface area contributed by atoms with E-state index >= 15 is 0 Å². The second kappa shape index (κ2) is 9.10. The van der Waals surface area contributed by atoms with E-state index < -0.39 is 0 Å². The maximum atomic E-state index is 12.6. The van der Waals surface area contributed by atoms with Crippen molar-refractivity contribution in [1.29, 1.82) is 0 Å². The van der Waals surface area contributed by atoms with E-state index in [4.69, 9.17) is 21.1 Å². The summed E-state index contributed by atoms with van der Waals surface area (Å²) in [7, 11) is 3.10. The molecule has 3 aromatic rings. The highest BCUT2D eigenvalue weighted by Crippen LogP contribution is 2.30. The Labute approximate surface area is 168 Å². The van der Waals surface area contributed by atoms with Crippen molar-refractivity contribution in [3.05, 3.63) is 76.9 Å². The molecule has 2 aromatic carbocycles. The second-order valence-corrected chi connectivity index (χ2v) is 6.31. The number of nitrogens with zero attached hydrogens (tertiary/aromatic N) is 1. The van der Waals surface area contributed by atoms with Crippen LogP contribution in [0.3, 0.4) is 0 Å². The topological polar surface area (TPSA) is 72.5 Å². The zero-order chi connectivity index (χ0) is 19.9. The number of benzene rings is 2. The summed E-state index contributed by atoms with van der Waals surface area (Å²) in [5.74, 6) is 1.46. The van der Waals surface area contributed by atoms with E-state index in [1.807, 2.05) is 24.3 Å². The molecule has 0 aliphatic carbocycles. The smallest absolute Gasteiger partial charge is 0.255 e. The molecule has 0 aliphatic heterocycles. The molecule has 1 aromatic heterocycles. The van der Waals surface area contributed by atoms with Crippen LogP contribution < -0.4 is 20.1 Å². The number of carbonyl (C=O) groups excluding carboxylic acids is 1. The van der Waals surface area contributed by atoms with Crippen LogP contribution in [0.4, 0.5) is 11.5 Å². The van der Waals surface area contributed by atoms with Gasteiger partial charge in [-0.3, -0.25) is 4.79 Å². The molecule has 7 heteroatoms. The fraction of sp³-hybridized carbons (Fsp3) is 0.143. The third-order valence-corrected chi connectivity index (χ3v) is 4.45. The summed E-state index contributed by atoms with van der Waals surface area (Å²) in [5.41, 5.74) is 2.03. The third-order valence-electron chi connectivity index (χ3n) is 4.08. The van der Waals surface area contributed by atoms with Crippen molar-refractivity contribution in [1.82, 2.24) is 4.98 Å². The van der Waals surface area contributed by atoms with Crippen LogP contribution in [0.5, 0.6) is 11.5 Å². The lowest BCUT2D eigenvalue weighted by molar-refractivity contribution is 0.102. The maximum absolute atomic E-state index is 12.6. The molecule has 1 heterocycles. The van der Waals surface area contributed by atoms with E-state index in [1.165, 1.54) is 0 Å². The van der Waals surface area contributed by atoms with Gasteiger partial charge in [-0.25, -0.2) is 4.98 Å². The normalized spacial score (nSPS) is 10.2. The van der Waals surface area contributed by atoms with Crippen LogP contribution in [0.25, 0.3) is 0 Å². The molecule has 2 N–H and O–H groups in total. The zero-order valence-electron chi connectivity index (χ0n) is 15.5. The number of pyridine rings is 1. The van der Waals surface area contributed by atoms with Crippen molar-refractivity contribution in [2.75, 3.05) is 24.9 Å². The first kappa shape index (κ1) is 19.5. The first-order valence-electron chi connectivity index (χ1n) is 8.57. The van der Waals surface area contributed by atoms with E-state index in [0.717, 1.165) is 5.56 Å². The van der Waals surface area contributed by atoms with E-state index in [2.05, 4.69) is 15.6 Å². The monoisotopic (exact) mass is 397 g/mol. The molecule has 1 amide bonds. The Balaban J connectivity index is 1.69. The average Bonchev–Trinajstić information content (AvgIpc) is 2.73. The fourth-order valence-corrected chi connectivity index (χ4v) is 2.82. The molecule has 28 heavy (non-hydrogen) atoms. The zero-order valence-corrected chi connectivity index (χ0v) is 16.3. The number of halogens is 1. The number of amides is 1. The van der Waals surface area contributed by atoms with Gasteiger partial charge in [0.1, 0.15) is 5.82 Å². The Morgan fingerprint density at radius 3 is 2.57 bits per heavy atom. The van der Waals surface area contributed by atoms with Gasteiger partial charge in [0.15, 0.2) is 11.5 Å². The molecule has 0 spiro atoms. The van der Waals surface area contributed by atoms with Gasteiger partial charge in [0.2, 0.25) is 0 Å². The molecular formula is C21H20ClN3O3. The highest BCUT2D eigenvalue weighted by Gasteiger charge is 2.10. The minimum absolute atomic E-state index is 0.254. The average molecular weight is 398 g/mol. The highest BCUT2D eigenvalue weighted by atomic mass is 35.5. The van der Waals surface area contributed by atoms with Crippen LogP contribution in [0.2, 0.25) is 5.02 Å². The summed E-state index contributed by atoms with van der Waals surface area (Å²) in [5, 5.41) is 6.70. The van der Waals surface area contributed by atoms with Gasteiger partial charge in [-0.1, -0.05) is 29.8 Å². The summed E-state index contributed by atoms with van der Waals surface area (Å²) in [6.45, 7) is 0.507. The Morgan fingerprint density at radius 1 is 1.04 bits per heavy atom. The van der Waals surface area contributed by atoms with Crippen LogP contribution in [0, 0.1) is 0 Å². The number of hydrogen-bond donors (Lipinski definition) is 2. The van der Waals surface area contributed by atoms with Crippen molar-refractivity contribution < 1.29 is 14.3 Å². The number of nitrogens with one attached hydrogen (secondary N) is 2. The fourth-order valence-electron chi connectivity index (χ4n) is 2.61. The lowest BCUT2D eigenvalue weighted by Crippen LogP contribution is -2.13. The minimum atomic E-state index is -0.254. The lowest BCUT2D eigenvalue weighted by Gasteiger charge is -2.11. The van der Waals surface area contributed by atoms with Crippen molar-refractivity contribution in [2.24, 2.45) is 0 Å². The molecule has 0 bridgehead atoms. The van der Waals surface area contributed by atoms with Crippen LogP contribution >= 0.6 is 11.6 Å². The molecule has 0 unspecified atom stereocenters. The lowest BCUT2D eigenvalue weighted by atomic mass is 10.2. The molecule has 0 fully saturated rings. The maximum Gasteiger partial charge on any atom is 0.255 e. The predicted octanol–water partition coefficient (Wildman–Crippen LogP) is 4.62. The second-order valence-electron chi connectivity index (χ2n) is 5.90. The number of rotatable bonds is 7. The van der Waals surface area contributed by atoms with Gasteiger partial charge in [-0.15, -0.1) is 0 Å². The van der Waals surface area contributed by atoms with Gasteiger partial charge in [0.25, 0.3) is 5.91 Å². The quantitative estimate of drug-likeness (QED) is 0.608. The van der Waals surface area contributed by atoms with Gasteiger partial charge in [-0.2, -0.15) is 0 Å². The molecule has 144 valence electrons. The van der Waals surface area contributed by atoms with Crippen LogP contribution in [0.15, 0.2) is 60.8 Å². The molecule has 0 radical (unpaired) electrons. The number of hydrogen-bond acceptors (Lipinski definition) is 5. The van der Waals surface area contributed by atoms with Gasteiger partial charge in [0, 0.05) is 35.1 Å². The summed E-state index contributed by atoms with van der Waals surface area (Å²) in [6.07, 6.45) is 1.58. The summed E-state index contributed by atoms with van der Waals surface area (Å²) >= 11 is 6.17. The van der Waals surface area contributed by atoms with Crippen LogP contribution in [-0.4, -0.2) is 25.1 Å². The summed E-state index contributed by atoms with van der Waals surface area (Å²) in [6, 6.07) is 16.1. The Morgan fingerprint density at radius 2 is 1.82 bits per heavy atom. The summed E-state index contributed by atoms with van der Waals surface area (Å²) < 4.78 is 10.5. The van der Waals surface area contributed by atoms with Gasteiger partial charge >= 0.3 is 0 Å². The van der Waals surface area contributed by atoms with Gasteiger partial charge in [0.05, 0.1) is 14.2 Å². The molecule has 6 nitrogen and oxygen atoms in total. The summed E-state index contributed by atoms with van der Waals surface area (Å²) in [4.78, 5) is 16.8. The molecule has 0 saturated heterocycles. The number of aromatic nitrogens is 1. The largest absolute Gasteiger partial charge is 0.493 e. The highest BCUT2D eigenvalue weighted by molar-refractivity contribution is 6.31. The third kappa shape index (κ3) is 4.72. The first-order chi connectivity index (χ1) is 13.6. The Kier molecular flexibility index (Phi) is 6.34. The van der Waals surface area contributed by atoms with E-state index in [9.17, 15) is 4.79 Å². The standard InChI is InChI=1S/C21H20ClN3O3/c1-27-18-8-7-16(12-19(18)28-2)25-21(26)14-9-10-23-20(11-14)24-13-15-5-3-4-6-17(15)22/h3-12H,13H2,1-2H3,(H,23,24)(H,25,26). The predicted molar refractivity (Wildman–Crippen MR) is 111 cm³/mol. The van der Waals surface area contributed by atoms with Crippen molar-refractivity contribution in [2.45, 2.75) is 6.54 Å². The number of carbonyl (C=O) groups is 1. The Hall–Kier alpha value is -3.25. The van der Waals surface area contributed by atoms with Gasteiger partial charge in [-0.05, 0) is 35.9 Å². The van der Waals surface area contributed by atoms with E-state index in [0.29, 0.717) is 40.1 Å². The number of ether oxygens (including phenoxy) is 2. The van der Waals surface area contributed by atoms with Gasteiger partial charge < -0.3 is 20.1 Å².